The molecule has 2 atom stereocenters. The van der Waals surface area contributed by atoms with E-state index in [9.17, 15) is 22.8 Å². The van der Waals surface area contributed by atoms with Gasteiger partial charge in [0, 0.05) is 13.0 Å². The molecule has 0 aliphatic carbocycles. The summed E-state index contributed by atoms with van der Waals surface area (Å²) in [5.74, 6) is -1.94. The fraction of sp³-hybridized carbons (Fsp3) is 0.727. The second kappa shape index (κ2) is 5.91. The van der Waals surface area contributed by atoms with Crippen molar-refractivity contribution in [1.82, 2.24) is 4.90 Å². The molecule has 1 rings (SSSR count). The Hall–Kier alpha value is -1.78. The Balaban J connectivity index is 2.67. The Morgan fingerprint density at radius 2 is 2.05 bits per heavy atom. The molecule has 106 valence electrons. The highest BCUT2D eigenvalue weighted by molar-refractivity contribution is 5.86. The first-order valence-corrected chi connectivity index (χ1v) is 5.79. The van der Waals surface area contributed by atoms with E-state index in [4.69, 9.17) is 11.0 Å². The van der Waals surface area contributed by atoms with Gasteiger partial charge in [0.25, 0.3) is 0 Å². The number of alkyl halides is 3. The van der Waals surface area contributed by atoms with Crippen molar-refractivity contribution in [2.75, 3.05) is 6.54 Å². The van der Waals surface area contributed by atoms with Crippen molar-refractivity contribution in [2.24, 2.45) is 11.7 Å². The Labute approximate surface area is 108 Å². The number of hydrogen-bond donors (Lipinski definition) is 1. The third-order valence-electron chi connectivity index (χ3n) is 3.06. The largest absolute Gasteiger partial charge is 0.389 e. The molecule has 0 spiro atoms. The lowest BCUT2D eigenvalue weighted by atomic mass is 9.91. The van der Waals surface area contributed by atoms with Crippen LogP contribution in [0.1, 0.15) is 25.7 Å². The van der Waals surface area contributed by atoms with Crippen LogP contribution in [-0.4, -0.2) is 35.5 Å². The molecular formula is C11H14F3N3O2. The summed E-state index contributed by atoms with van der Waals surface area (Å²) in [5.41, 5.74) is 5.13. The Kier molecular flexibility index (Phi) is 4.75. The van der Waals surface area contributed by atoms with Gasteiger partial charge in [-0.05, 0) is 12.8 Å². The molecule has 1 fully saturated rings. The number of nitrogens with zero attached hydrogens (tertiary/aromatic N) is 2. The molecule has 0 aromatic heterocycles. The number of carbonyl (C=O) groups excluding carboxylic acids is 2. The van der Waals surface area contributed by atoms with Gasteiger partial charge in [-0.3, -0.25) is 9.59 Å². The zero-order valence-electron chi connectivity index (χ0n) is 10.1. The molecule has 0 aromatic rings. The van der Waals surface area contributed by atoms with Gasteiger partial charge < -0.3 is 10.6 Å². The van der Waals surface area contributed by atoms with Crippen LogP contribution in [0.2, 0.25) is 0 Å². The van der Waals surface area contributed by atoms with Crippen LogP contribution in [0.5, 0.6) is 0 Å². The van der Waals surface area contributed by atoms with Crippen molar-refractivity contribution in [3.05, 3.63) is 0 Å². The summed E-state index contributed by atoms with van der Waals surface area (Å²) in [4.78, 5) is 24.0. The normalized spacial score (nSPS) is 23.8. The number of amides is 2. The molecule has 8 heteroatoms. The van der Waals surface area contributed by atoms with Crippen molar-refractivity contribution in [2.45, 2.75) is 37.9 Å². The van der Waals surface area contributed by atoms with E-state index in [1.54, 1.807) is 0 Å². The number of rotatable bonds is 3. The summed E-state index contributed by atoms with van der Waals surface area (Å²) in [6, 6.07) is 0.992. The maximum Gasteiger partial charge on any atom is 0.389 e. The van der Waals surface area contributed by atoms with Crippen LogP contribution in [-0.2, 0) is 9.59 Å². The van der Waals surface area contributed by atoms with Crippen molar-refractivity contribution >= 4 is 11.8 Å². The minimum absolute atomic E-state index is 0.0858. The summed E-state index contributed by atoms with van der Waals surface area (Å²) >= 11 is 0. The van der Waals surface area contributed by atoms with Gasteiger partial charge in [0.05, 0.1) is 18.4 Å². The zero-order chi connectivity index (χ0) is 14.6. The molecule has 0 saturated carbocycles. The van der Waals surface area contributed by atoms with Gasteiger partial charge >= 0.3 is 6.18 Å². The Bertz CT molecular complexity index is 403. The van der Waals surface area contributed by atoms with Crippen LogP contribution >= 0.6 is 0 Å². The number of primary amides is 1. The molecular weight excluding hydrogens is 263 g/mol. The second-order valence-electron chi connectivity index (χ2n) is 4.47. The lowest BCUT2D eigenvalue weighted by Crippen LogP contribution is -2.52. The summed E-state index contributed by atoms with van der Waals surface area (Å²) in [7, 11) is 0. The SMILES string of the molecule is N#CC1CCN(C(=O)CCC(F)(F)F)[C@H](C(N)=O)C1. The number of nitrogens with two attached hydrogens (primary N) is 1. The van der Waals surface area contributed by atoms with Crippen molar-refractivity contribution in [3.63, 3.8) is 0 Å². The van der Waals surface area contributed by atoms with Crippen LogP contribution in [0.25, 0.3) is 0 Å². The molecule has 0 aromatic carbocycles. The fourth-order valence-corrected chi connectivity index (χ4v) is 2.04. The maximum atomic E-state index is 12.1. The zero-order valence-corrected chi connectivity index (χ0v) is 10.1. The molecule has 2 N–H and O–H groups in total. The van der Waals surface area contributed by atoms with E-state index in [0.29, 0.717) is 6.42 Å². The molecule has 1 aliphatic rings. The molecule has 1 saturated heterocycles. The average molecular weight is 277 g/mol. The first-order chi connectivity index (χ1) is 8.74. The summed E-state index contributed by atoms with van der Waals surface area (Å²) in [5, 5.41) is 8.77. The topological polar surface area (TPSA) is 87.2 Å². The minimum atomic E-state index is -4.41. The predicted molar refractivity (Wildman–Crippen MR) is 58.3 cm³/mol. The van der Waals surface area contributed by atoms with Crippen LogP contribution < -0.4 is 5.73 Å². The van der Waals surface area contributed by atoms with Crippen LogP contribution in [0.4, 0.5) is 13.2 Å². The van der Waals surface area contributed by atoms with Gasteiger partial charge in [0.1, 0.15) is 6.04 Å². The maximum absolute atomic E-state index is 12.1. The Morgan fingerprint density at radius 1 is 1.42 bits per heavy atom. The van der Waals surface area contributed by atoms with E-state index >= 15 is 0 Å². The monoisotopic (exact) mass is 277 g/mol. The molecule has 5 nitrogen and oxygen atoms in total. The summed E-state index contributed by atoms with van der Waals surface area (Å²) in [6.45, 7) is 0.0858. The van der Waals surface area contributed by atoms with Crippen LogP contribution in [0.15, 0.2) is 0 Å². The molecule has 0 radical (unpaired) electrons. The Morgan fingerprint density at radius 3 is 2.53 bits per heavy atom. The van der Waals surface area contributed by atoms with Gasteiger partial charge in [-0.25, -0.2) is 0 Å². The van der Waals surface area contributed by atoms with E-state index in [-0.39, 0.29) is 13.0 Å². The number of carbonyl (C=O) groups is 2. The lowest BCUT2D eigenvalue weighted by molar-refractivity contribution is -0.153. The highest BCUT2D eigenvalue weighted by Gasteiger charge is 2.36. The number of halogens is 3. The third-order valence-corrected chi connectivity index (χ3v) is 3.06. The highest BCUT2D eigenvalue weighted by Crippen LogP contribution is 2.26. The predicted octanol–water partition coefficient (Wildman–Crippen LogP) is 0.945. The van der Waals surface area contributed by atoms with Crippen molar-refractivity contribution in [1.29, 1.82) is 5.26 Å². The highest BCUT2D eigenvalue weighted by atomic mass is 19.4. The van der Waals surface area contributed by atoms with E-state index in [2.05, 4.69) is 0 Å². The lowest BCUT2D eigenvalue weighted by Gasteiger charge is -2.35. The summed E-state index contributed by atoms with van der Waals surface area (Å²) < 4.78 is 36.2. The molecule has 1 heterocycles. The number of hydrogen-bond acceptors (Lipinski definition) is 3. The third kappa shape index (κ3) is 4.43. The number of piperidine rings is 1. The van der Waals surface area contributed by atoms with E-state index < -0.39 is 42.8 Å². The quantitative estimate of drug-likeness (QED) is 0.833. The molecule has 1 unspecified atom stereocenters. The standard InChI is InChI=1S/C11H14F3N3O2/c12-11(13,14)3-1-9(18)17-4-2-7(6-15)5-8(17)10(16)19/h7-8H,1-5H2,(H2,16,19)/t7?,8-/m0/s1. The first kappa shape index (κ1) is 15.3. The van der Waals surface area contributed by atoms with Gasteiger partial charge in [0.2, 0.25) is 11.8 Å². The number of nitriles is 1. The van der Waals surface area contributed by atoms with E-state index in [0.717, 1.165) is 4.90 Å². The molecule has 19 heavy (non-hydrogen) atoms. The van der Waals surface area contributed by atoms with Gasteiger partial charge in [0.15, 0.2) is 0 Å². The van der Waals surface area contributed by atoms with Crippen LogP contribution in [0.3, 0.4) is 0 Å². The fourth-order valence-electron chi connectivity index (χ4n) is 2.04. The average Bonchev–Trinajstić information content (AvgIpc) is 2.34. The van der Waals surface area contributed by atoms with Gasteiger partial charge in [-0.15, -0.1) is 0 Å². The summed E-state index contributed by atoms with van der Waals surface area (Å²) in [6.07, 6.45) is -5.91. The molecule has 1 aliphatic heterocycles. The number of likely N-dealkylation sites (tertiary alicyclic amines) is 1. The van der Waals surface area contributed by atoms with Crippen molar-refractivity contribution < 1.29 is 22.8 Å². The second-order valence-corrected chi connectivity index (χ2v) is 4.47. The van der Waals surface area contributed by atoms with Gasteiger partial charge in [-0.2, -0.15) is 18.4 Å². The van der Waals surface area contributed by atoms with E-state index in [1.165, 1.54) is 0 Å². The first-order valence-electron chi connectivity index (χ1n) is 5.79. The molecule has 0 bridgehead atoms. The van der Waals surface area contributed by atoms with Gasteiger partial charge in [-0.1, -0.05) is 0 Å². The van der Waals surface area contributed by atoms with Crippen LogP contribution in [0, 0.1) is 17.2 Å². The minimum Gasteiger partial charge on any atom is -0.368 e. The van der Waals surface area contributed by atoms with E-state index in [1.807, 2.05) is 6.07 Å². The smallest absolute Gasteiger partial charge is 0.368 e. The van der Waals surface area contributed by atoms with Crippen molar-refractivity contribution in [3.8, 4) is 6.07 Å². The molecule has 2 amide bonds.